The molecule has 1 nitrogen and oxygen atoms in total. The molecule has 3 aromatic rings. The summed E-state index contributed by atoms with van der Waals surface area (Å²) >= 11 is 0. The van der Waals surface area contributed by atoms with Gasteiger partial charge in [-0.15, -0.1) is 0 Å². The lowest BCUT2D eigenvalue weighted by Crippen LogP contribution is -1.62. The number of furan rings is 1. The van der Waals surface area contributed by atoms with Crippen molar-refractivity contribution in [2.75, 3.05) is 0 Å². The molecule has 1 heteroatoms. The van der Waals surface area contributed by atoms with Gasteiger partial charge >= 0.3 is 0 Å². The second-order valence-corrected chi connectivity index (χ2v) is 3.02. The van der Waals surface area contributed by atoms with Crippen molar-refractivity contribution in [2.24, 2.45) is 0 Å². The number of fused-ring (bicyclic) bond motifs is 3. The largest absolute Gasteiger partial charge is 0.456 e. The van der Waals surface area contributed by atoms with Crippen molar-refractivity contribution in [3.8, 4) is 0 Å². The average molecular weight is 169 g/mol. The third kappa shape index (κ3) is 0.872. The highest BCUT2D eigenvalue weighted by atomic mass is 16.3. The zero-order chi connectivity index (χ0) is 9.54. The van der Waals surface area contributed by atoms with Gasteiger partial charge in [0.05, 0.1) is 1.37 Å². The smallest absolute Gasteiger partial charge is 0.135 e. The standard InChI is InChI=1S/C12H8O/c1-3-7-11-9(5-1)10-6-2-4-8-12(10)13-11/h1-8H/i1D. The van der Waals surface area contributed by atoms with Crippen molar-refractivity contribution in [3.63, 3.8) is 0 Å². The Morgan fingerprint density at radius 1 is 0.846 bits per heavy atom. The van der Waals surface area contributed by atoms with Crippen LogP contribution < -0.4 is 0 Å². The van der Waals surface area contributed by atoms with Crippen LogP contribution in [0.2, 0.25) is 0 Å². The summed E-state index contributed by atoms with van der Waals surface area (Å²) in [7, 11) is 0. The highest BCUT2D eigenvalue weighted by Gasteiger charge is 2.02. The van der Waals surface area contributed by atoms with E-state index in [0.717, 1.165) is 21.9 Å². The molecule has 0 amide bonds. The van der Waals surface area contributed by atoms with Crippen LogP contribution in [0.15, 0.2) is 52.9 Å². The average Bonchev–Trinajstić information content (AvgIpc) is 2.56. The van der Waals surface area contributed by atoms with Crippen LogP contribution >= 0.6 is 0 Å². The van der Waals surface area contributed by atoms with E-state index in [4.69, 9.17) is 5.79 Å². The Hall–Kier alpha value is -1.76. The number of hydrogen-bond donors (Lipinski definition) is 0. The first-order chi connectivity index (χ1) is 6.84. The summed E-state index contributed by atoms with van der Waals surface area (Å²) in [6.07, 6.45) is 0. The summed E-state index contributed by atoms with van der Waals surface area (Å²) in [5.41, 5.74) is 1.73. The van der Waals surface area contributed by atoms with E-state index in [1.807, 2.05) is 36.4 Å². The van der Waals surface area contributed by atoms with Gasteiger partial charge in [0.15, 0.2) is 0 Å². The molecule has 0 aliphatic carbocycles. The molecule has 0 radical (unpaired) electrons. The zero-order valence-corrected chi connectivity index (χ0v) is 6.95. The van der Waals surface area contributed by atoms with E-state index < -0.39 is 0 Å². The SMILES string of the molecule is [2H]c1ccc2oc3ccccc3c2c1. The van der Waals surface area contributed by atoms with E-state index in [2.05, 4.69) is 0 Å². The van der Waals surface area contributed by atoms with Crippen molar-refractivity contribution in [3.05, 3.63) is 48.5 Å². The highest BCUT2D eigenvalue weighted by molar-refractivity contribution is 6.04. The Bertz CT molecular complexity index is 610. The van der Waals surface area contributed by atoms with Crippen LogP contribution in [-0.4, -0.2) is 0 Å². The van der Waals surface area contributed by atoms with Crippen molar-refractivity contribution >= 4 is 21.9 Å². The van der Waals surface area contributed by atoms with Crippen LogP contribution in [0, 0.1) is 0 Å². The van der Waals surface area contributed by atoms with Crippen LogP contribution in [-0.2, 0) is 0 Å². The van der Waals surface area contributed by atoms with Crippen LogP contribution in [0.5, 0.6) is 0 Å². The molecule has 0 saturated heterocycles. The number of rotatable bonds is 0. The molecule has 0 N–H and O–H groups in total. The monoisotopic (exact) mass is 169 g/mol. The minimum Gasteiger partial charge on any atom is -0.456 e. The number of para-hydroxylation sites is 2. The first kappa shape index (κ1) is 5.81. The van der Waals surface area contributed by atoms with Gasteiger partial charge in [0.2, 0.25) is 0 Å². The maximum atomic E-state index is 7.55. The van der Waals surface area contributed by atoms with E-state index in [0.29, 0.717) is 6.04 Å². The number of hydrogen-bond acceptors (Lipinski definition) is 1. The molecule has 3 rings (SSSR count). The molecule has 0 bridgehead atoms. The summed E-state index contributed by atoms with van der Waals surface area (Å²) < 4.78 is 13.2. The molecular formula is C12H8O. The van der Waals surface area contributed by atoms with Crippen LogP contribution in [0.25, 0.3) is 21.9 Å². The van der Waals surface area contributed by atoms with E-state index in [9.17, 15) is 0 Å². The Kier molecular flexibility index (Phi) is 1.06. The molecule has 0 unspecified atom stereocenters. The van der Waals surface area contributed by atoms with Gasteiger partial charge in [-0.3, -0.25) is 0 Å². The fourth-order valence-electron chi connectivity index (χ4n) is 1.61. The van der Waals surface area contributed by atoms with E-state index in [-0.39, 0.29) is 0 Å². The molecule has 0 aliphatic rings. The summed E-state index contributed by atoms with van der Waals surface area (Å²) in [6, 6.07) is 13.8. The van der Waals surface area contributed by atoms with Crippen molar-refractivity contribution in [2.45, 2.75) is 0 Å². The maximum Gasteiger partial charge on any atom is 0.135 e. The predicted molar refractivity (Wildman–Crippen MR) is 53.7 cm³/mol. The molecule has 0 saturated carbocycles. The third-order valence-corrected chi connectivity index (χ3v) is 2.22. The molecule has 0 atom stereocenters. The summed E-state index contributed by atoms with van der Waals surface area (Å²) in [6.45, 7) is 0. The molecular weight excluding hydrogens is 160 g/mol. The van der Waals surface area contributed by atoms with E-state index in [1.54, 1.807) is 6.07 Å². The first-order valence-electron chi connectivity index (χ1n) is 4.72. The van der Waals surface area contributed by atoms with Crippen LogP contribution in [0.4, 0.5) is 0 Å². The summed E-state index contributed by atoms with van der Waals surface area (Å²) in [4.78, 5) is 0. The minimum atomic E-state index is 0.518. The lowest BCUT2D eigenvalue weighted by molar-refractivity contribution is 0.669. The molecule has 0 fully saturated rings. The van der Waals surface area contributed by atoms with Gasteiger partial charge in [-0.05, 0) is 12.1 Å². The summed E-state index contributed by atoms with van der Waals surface area (Å²) in [5.74, 6) is 0. The fourth-order valence-corrected chi connectivity index (χ4v) is 1.61. The van der Waals surface area contributed by atoms with Gasteiger partial charge in [0.1, 0.15) is 11.2 Å². The van der Waals surface area contributed by atoms with Gasteiger partial charge < -0.3 is 4.42 Å². The van der Waals surface area contributed by atoms with Gasteiger partial charge in [0, 0.05) is 10.8 Å². The van der Waals surface area contributed by atoms with Gasteiger partial charge in [-0.25, -0.2) is 0 Å². The maximum absolute atomic E-state index is 7.55. The molecule has 1 aromatic heterocycles. The van der Waals surface area contributed by atoms with Gasteiger partial charge in [-0.1, -0.05) is 36.4 Å². The summed E-state index contributed by atoms with van der Waals surface area (Å²) in [5, 5.41) is 2.10. The second-order valence-electron chi connectivity index (χ2n) is 3.02. The van der Waals surface area contributed by atoms with Gasteiger partial charge in [0.25, 0.3) is 0 Å². The van der Waals surface area contributed by atoms with Crippen molar-refractivity contribution < 1.29 is 5.79 Å². The predicted octanol–water partition coefficient (Wildman–Crippen LogP) is 3.59. The fraction of sp³-hybridized carbons (Fsp3) is 0. The van der Waals surface area contributed by atoms with E-state index >= 15 is 0 Å². The first-order valence-corrected chi connectivity index (χ1v) is 4.22. The molecule has 1 heterocycles. The minimum absolute atomic E-state index is 0.518. The van der Waals surface area contributed by atoms with Crippen molar-refractivity contribution in [1.29, 1.82) is 0 Å². The molecule has 62 valence electrons. The molecule has 2 aromatic carbocycles. The topological polar surface area (TPSA) is 13.1 Å². The quantitative estimate of drug-likeness (QED) is 0.501. The highest BCUT2D eigenvalue weighted by Crippen LogP contribution is 2.27. The van der Waals surface area contributed by atoms with Crippen molar-refractivity contribution in [1.82, 2.24) is 0 Å². The van der Waals surface area contributed by atoms with Gasteiger partial charge in [-0.2, -0.15) is 0 Å². The molecule has 0 aliphatic heterocycles. The van der Waals surface area contributed by atoms with Crippen LogP contribution in [0.1, 0.15) is 1.37 Å². The Labute approximate surface area is 77.0 Å². The Morgan fingerprint density at radius 2 is 1.54 bits per heavy atom. The normalized spacial score (nSPS) is 12.2. The molecule has 13 heavy (non-hydrogen) atoms. The number of benzene rings is 2. The lowest BCUT2D eigenvalue weighted by Gasteiger charge is -1.85. The van der Waals surface area contributed by atoms with Crippen LogP contribution in [0.3, 0.4) is 0 Å². The Morgan fingerprint density at radius 3 is 2.46 bits per heavy atom. The lowest BCUT2D eigenvalue weighted by atomic mass is 10.2. The molecule has 0 spiro atoms. The second kappa shape index (κ2) is 2.36. The Balaban J connectivity index is 2.58. The van der Waals surface area contributed by atoms with E-state index in [1.165, 1.54) is 0 Å². The zero-order valence-electron chi connectivity index (χ0n) is 7.95. The third-order valence-electron chi connectivity index (χ3n) is 2.22.